The van der Waals surface area contributed by atoms with Gasteiger partial charge in [0.25, 0.3) is 0 Å². The molecule has 7 rings (SSSR count). The van der Waals surface area contributed by atoms with Crippen molar-refractivity contribution in [2.45, 2.75) is 176 Å². The normalized spacial score (nSPS) is 16.1. The average molecular weight is 772 g/mol. The van der Waals surface area contributed by atoms with Crippen LogP contribution in [0.4, 0.5) is 0 Å². The number of fused-ring (bicyclic) bond motifs is 7. The zero-order chi connectivity index (χ0) is 42.9. The summed E-state index contributed by atoms with van der Waals surface area (Å²) in [5.74, 6) is 0. The van der Waals surface area contributed by atoms with E-state index in [1.165, 1.54) is 88.7 Å². The second-order valence-electron chi connectivity index (χ2n) is 24.5. The van der Waals surface area contributed by atoms with Crippen molar-refractivity contribution in [2.75, 3.05) is 0 Å². The molecule has 0 aliphatic heterocycles. The van der Waals surface area contributed by atoms with Crippen LogP contribution in [-0.2, 0) is 37.9 Å². The molecule has 6 bridgehead atoms. The molecular weight excluding hydrogens is 699 g/mol. The van der Waals surface area contributed by atoms with Crippen molar-refractivity contribution in [2.24, 2.45) is 0 Å². The van der Waals surface area contributed by atoms with Gasteiger partial charge >= 0.3 is 0 Å². The monoisotopic (exact) mass is 772 g/mol. The lowest BCUT2D eigenvalue weighted by Gasteiger charge is -2.38. The van der Waals surface area contributed by atoms with Gasteiger partial charge in [0, 0.05) is 16.5 Å². The Bertz CT molecular complexity index is 2550. The van der Waals surface area contributed by atoms with Crippen LogP contribution < -0.4 is 0 Å². The van der Waals surface area contributed by atoms with Crippen LogP contribution in [0.1, 0.15) is 177 Å². The summed E-state index contributed by atoms with van der Waals surface area (Å²) in [6.45, 7) is 45.5. The summed E-state index contributed by atoms with van der Waals surface area (Å²) < 4.78 is 2.61. The van der Waals surface area contributed by atoms with E-state index in [1.807, 2.05) is 0 Å². The van der Waals surface area contributed by atoms with Crippen LogP contribution in [-0.4, -0.2) is 4.57 Å². The second kappa shape index (κ2) is 13.2. The zero-order valence-electron chi connectivity index (χ0n) is 39.7. The van der Waals surface area contributed by atoms with Crippen LogP contribution in [0.25, 0.3) is 49.7 Å². The molecule has 1 aliphatic rings. The summed E-state index contributed by atoms with van der Waals surface area (Å²) in [6, 6.07) is 34.6. The van der Waals surface area contributed by atoms with Gasteiger partial charge in [0.1, 0.15) is 0 Å². The molecule has 6 aromatic rings. The lowest BCUT2D eigenvalue weighted by molar-refractivity contribution is 0.348. The number of hydrogen-bond donors (Lipinski definition) is 0. The van der Waals surface area contributed by atoms with E-state index in [0.29, 0.717) is 0 Å². The van der Waals surface area contributed by atoms with E-state index < -0.39 is 0 Å². The Balaban J connectivity index is 1.78. The minimum Gasteiger partial charge on any atom is -0.309 e. The minimum atomic E-state index is -0.157. The maximum absolute atomic E-state index is 2.61. The highest BCUT2D eigenvalue weighted by molar-refractivity contribution is 6.18. The molecule has 1 aliphatic carbocycles. The molecule has 0 spiro atoms. The van der Waals surface area contributed by atoms with Crippen LogP contribution in [0.3, 0.4) is 0 Å². The molecule has 0 N–H and O–H groups in total. The number of aromatic nitrogens is 1. The molecule has 0 amide bonds. The molecule has 5 aromatic carbocycles. The summed E-state index contributed by atoms with van der Waals surface area (Å²) in [4.78, 5) is 0. The topological polar surface area (TPSA) is 4.93 Å². The van der Waals surface area contributed by atoms with Crippen LogP contribution >= 0.6 is 0 Å². The van der Waals surface area contributed by atoms with E-state index >= 15 is 0 Å². The minimum absolute atomic E-state index is 0.00387. The van der Waals surface area contributed by atoms with Crippen LogP contribution in [0.15, 0.2) is 84.9 Å². The van der Waals surface area contributed by atoms with E-state index in [2.05, 4.69) is 221 Å². The van der Waals surface area contributed by atoms with Gasteiger partial charge < -0.3 is 4.57 Å². The molecule has 1 aromatic heterocycles. The molecule has 0 unspecified atom stereocenters. The third-order valence-electron chi connectivity index (χ3n) is 13.3. The first-order valence-electron chi connectivity index (χ1n) is 22.0. The van der Waals surface area contributed by atoms with Crippen LogP contribution in [0, 0.1) is 0 Å². The first-order chi connectivity index (χ1) is 26.4. The van der Waals surface area contributed by atoms with Crippen molar-refractivity contribution in [3.05, 3.63) is 124 Å². The van der Waals surface area contributed by atoms with Crippen molar-refractivity contribution >= 4 is 21.8 Å². The van der Waals surface area contributed by atoms with Gasteiger partial charge in [0.2, 0.25) is 0 Å². The maximum Gasteiger partial charge on any atom is 0.0547 e. The molecule has 58 heavy (non-hydrogen) atoms. The van der Waals surface area contributed by atoms with Gasteiger partial charge in [-0.3, -0.25) is 0 Å². The second-order valence-corrected chi connectivity index (χ2v) is 24.5. The highest BCUT2D eigenvalue weighted by Crippen LogP contribution is 2.50. The standard InChI is InChI=1S/C57H73N/c1-51(2,3)37-25-35-27-41(30-37)56(16,17)34-57(18,19)42-28-36(26-38(31-42)52(4,5)6)45-23-24-47-49(50(45)55(13,14)15)48-44(35)21-20-22-46(48)58(47)43-32-39(53(7,8)9)29-40(33-43)54(10,11)12/h20-33H,34H2,1-19H3. The summed E-state index contributed by atoms with van der Waals surface area (Å²) in [6.07, 6.45) is 1.03. The third-order valence-corrected chi connectivity index (χ3v) is 13.3. The fraction of sp³-hybridized carbons (Fsp3) is 0.474. The quantitative estimate of drug-likeness (QED) is 0.157. The maximum atomic E-state index is 2.61. The van der Waals surface area contributed by atoms with Gasteiger partial charge in [-0.25, -0.2) is 0 Å². The Morgan fingerprint density at radius 2 is 0.845 bits per heavy atom. The SMILES string of the molecule is CC(C)(C)c1cc(-n2c3cccc4c3c3c(C(C)(C)C)c(ccc32)-c2cc(C(C)(C)C)cc(c2)C(C)(C)CC(C)(C)c2cc-4cc(C(C)(C)C)c2)cc(C(C)(C)C)c1. The Labute approximate surface area is 352 Å². The van der Waals surface area contributed by atoms with E-state index in [-0.39, 0.29) is 37.9 Å². The van der Waals surface area contributed by atoms with Gasteiger partial charge in [0.05, 0.1) is 11.0 Å². The zero-order valence-corrected chi connectivity index (χ0v) is 39.7. The van der Waals surface area contributed by atoms with Crippen molar-refractivity contribution in [1.29, 1.82) is 0 Å². The Morgan fingerprint density at radius 3 is 1.29 bits per heavy atom. The summed E-state index contributed by atoms with van der Waals surface area (Å²) in [7, 11) is 0. The highest BCUT2D eigenvalue weighted by Gasteiger charge is 2.36. The molecule has 0 radical (unpaired) electrons. The highest BCUT2D eigenvalue weighted by atomic mass is 15.0. The molecule has 1 heterocycles. The van der Waals surface area contributed by atoms with Crippen molar-refractivity contribution in [1.82, 2.24) is 4.57 Å². The molecule has 0 saturated carbocycles. The molecule has 0 saturated heterocycles. The number of rotatable bonds is 1. The predicted octanol–water partition coefficient (Wildman–Crippen LogP) is 16.6. The van der Waals surface area contributed by atoms with Crippen LogP contribution in [0.2, 0.25) is 0 Å². The summed E-state index contributed by atoms with van der Waals surface area (Å²) in [5, 5.41) is 2.72. The van der Waals surface area contributed by atoms with Crippen LogP contribution in [0.5, 0.6) is 0 Å². The van der Waals surface area contributed by atoms with Gasteiger partial charge in [-0.05, 0) is 130 Å². The number of nitrogens with zero attached hydrogens (tertiary/aromatic N) is 1. The fourth-order valence-corrected chi connectivity index (χ4v) is 9.82. The van der Waals surface area contributed by atoms with Crippen molar-refractivity contribution in [3.63, 3.8) is 0 Å². The van der Waals surface area contributed by atoms with Gasteiger partial charge in [0.15, 0.2) is 0 Å². The third kappa shape index (κ3) is 7.39. The van der Waals surface area contributed by atoms with E-state index in [0.717, 1.165) is 6.42 Å². The van der Waals surface area contributed by atoms with Gasteiger partial charge in [-0.2, -0.15) is 0 Å². The average Bonchev–Trinajstić information content (AvgIpc) is 3.42. The first-order valence-corrected chi connectivity index (χ1v) is 22.0. The summed E-state index contributed by atoms with van der Waals surface area (Å²) >= 11 is 0. The van der Waals surface area contributed by atoms with Gasteiger partial charge in [-0.1, -0.05) is 192 Å². The Kier molecular flexibility index (Phi) is 9.57. The van der Waals surface area contributed by atoms with Crippen molar-refractivity contribution in [3.8, 4) is 27.9 Å². The molecular formula is C57H73N. The molecule has 306 valence electrons. The lowest BCUT2D eigenvalue weighted by Crippen LogP contribution is -2.31. The predicted molar refractivity (Wildman–Crippen MR) is 256 cm³/mol. The largest absolute Gasteiger partial charge is 0.309 e. The lowest BCUT2D eigenvalue weighted by atomic mass is 9.66. The van der Waals surface area contributed by atoms with E-state index in [9.17, 15) is 0 Å². The number of benzene rings is 5. The smallest absolute Gasteiger partial charge is 0.0547 e. The van der Waals surface area contributed by atoms with E-state index in [1.54, 1.807) is 0 Å². The number of hydrogen-bond acceptors (Lipinski definition) is 0. The first kappa shape index (κ1) is 42.0. The molecule has 1 heteroatoms. The molecule has 1 nitrogen and oxygen atoms in total. The van der Waals surface area contributed by atoms with E-state index in [4.69, 9.17) is 0 Å². The Hall–Kier alpha value is -4.10. The van der Waals surface area contributed by atoms with Gasteiger partial charge in [-0.15, -0.1) is 0 Å². The van der Waals surface area contributed by atoms with Crippen molar-refractivity contribution < 1.29 is 0 Å². The molecule has 0 fully saturated rings. The molecule has 0 atom stereocenters. The summed E-state index contributed by atoms with van der Waals surface area (Å²) in [5.41, 5.74) is 18.5. The Morgan fingerprint density at radius 1 is 0.414 bits per heavy atom. The fourth-order valence-electron chi connectivity index (χ4n) is 9.82.